The van der Waals surface area contributed by atoms with Crippen molar-refractivity contribution in [1.82, 2.24) is 9.97 Å². The van der Waals surface area contributed by atoms with Crippen LogP contribution in [0.5, 0.6) is 11.5 Å². The maximum absolute atomic E-state index is 5.58. The summed E-state index contributed by atoms with van der Waals surface area (Å²) in [5.74, 6) is 2.47. The number of rotatable bonds is 6. The molecule has 1 heterocycles. The van der Waals surface area contributed by atoms with Gasteiger partial charge in [0.15, 0.2) is 0 Å². The third-order valence-electron chi connectivity index (χ3n) is 2.50. The Morgan fingerprint density at radius 1 is 1.10 bits per heavy atom. The number of anilines is 3. The normalized spacial score (nSPS) is 10.1. The van der Waals surface area contributed by atoms with E-state index in [1.807, 2.05) is 32.0 Å². The molecule has 6 heteroatoms. The number of hydrogen-bond donors (Lipinski definition) is 2. The number of benzene rings is 1. The van der Waals surface area contributed by atoms with E-state index < -0.39 is 0 Å². The lowest BCUT2D eigenvalue weighted by molar-refractivity contribution is 0.332. The summed E-state index contributed by atoms with van der Waals surface area (Å²) in [5, 5.41) is 3.15. The first kappa shape index (κ1) is 13.9. The Morgan fingerprint density at radius 2 is 1.90 bits per heavy atom. The highest BCUT2D eigenvalue weighted by atomic mass is 16.5. The van der Waals surface area contributed by atoms with Gasteiger partial charge in [0.2, 0.25) is 0 Å². The molecule has 0 unspecified atom stereocenters. The van der Waals surface area contributed by atoms with E-state index in [4.69, 9.17) is 15.2 Å². The summed E-state index contributed by atoms with van der Waals surface area (Å²) in [6.45, 7) is 5.06. The van der Waals surface area contributed by atoms with E-state index in [2.05, 4.69) is 15.3 Å². The second-order valence-electron chi connectivity index (χ2n) is 3.98. The van der Waals surface area contributed by atoms with Gasteiger partial charge < -0.3 is 20.5 Å². The van der Waals surface area contributed by atoms with E-state index in [-0.39, 0.29) is 0 Å². The van der Waals surface area contributed by atoms with Crippen molar-refractivity contribution in [3.8, 4) is 11.5 Å². The molecule has 6 nitrogen and oxygen atoms in total. The van der Waals surface area contributed by atoms with Gasteiger partial charge in [0.05, 0.1) is 31.3 Å². The lowest BCUT2D eigenvalue weighted by Gasteiger charge is -2.13. The number of nitrogen functional groups attached to an aromatic ring is 1. The van der Waals surface area contributed by atoms with Crippen LogP contribution in [0.1, 0.15) is 13.8 Å². The molecule has 0 aliphatic carbocycles. The van der Waals surface area contributed by atoms with Gasteiger partial charge in [0, 0.05) is 6.07 Å². The maximum Gasteiger partial charge on any atom is 0.149 e. The minimum absolute atomic E-state index is 0.378. The Hall–Kier alpha value is -2.50. The molecule has 0 radical (unpaired) electrons. The highest BCUT2D eigenvalue weighted by molar-refractivity contribution is 5.66. The number of nitrogens with zero attached hydrogens (tertiary/aromatic N) is 2. The zero-order valence-corrected chi connectivity index (χ0v) is 11.6. The molecule has 106 valence electrons. The molecule has 0 fully saturated rings. The van der Waals surface area contributed by atoms with Crippen LogP contribution >= 0.6 is 0 Å². The quantitative estimate of drug-likeness (QED) is 0.842. The first-order valence-electron chi connectivity index (χ1n) is 6.47. The second-order valence-corrected chi connectivity index (χ2v) is 3.98. The van der Waals surface area contributed by atoms with E-state index in [1.54, 1.807) is 6.20 Å². The van der Waals surface area contributed by atoms with Crippen LogP contribution in [0.15, 0.2) is 30.6 Å². The van der Waals surface area contributed by atoms with Crippen molar-refractivity contribution < 1.29 is 9.47 Å². The van der Waals surface area contributed by atoms with E-state index >= 15 is 0 Å². The molecular weight excluding hydrogens is 256 g/mol. The van der Waals surface area contributed by atoms with Gasteiger partial charge in [-0.1, -0.05) is 0 Å². The average molecular weight is 274 g/mol. The molecule has 0 bridgehead atoms. The van der Waals surface area contributed by atoms with Gasteiger partial charge in [-0.15, -0.1) is 0 Å². The zero-order valence-electron chi connectivity index (χ0n) is 11.6. The Balaban J connectivity index is 2.26. The number of nitrogens with one attached hydrogen (secondary N) is 1. The largest absolute Gasteiger partial charge is 0.494 e. The van der Waals surface area contributed by atoms with Crippen molar-refractivity contribution in [3.05, 3.63) is 30.6 Å². The first-order valence-corrected chi connectivity index (χ1v) is 6.47. The summed E-state index contributed by atoms with van der Waals surface area (Å²) >= 11 is 0. The third kappa shape index (κ3) is 3.50. The van der Waals surface area contributed by atoms with E-state index in [0.29, 0.717) is 24.8 Å². The highest BCUT2D eigenvalue weighted by Gasteiger charge is 2.07. The summed E-state index contributed by atoms with van der Waals surface area (Å²) in [7, 11) is 0. The molecule has 0 aliphatic heterocycles. The number of nitrogens with two attached hydrogens (primary N) is 1. The van der Waals surface area contributed by atoms with Gasteiger partial charge in [-0.3, -0.25) is 0 Å². The van der Waals surface area contributed by atoms with E-state index in [0.717, 1.165) is 17.2 Å². The molecular formula is C14H18N4O2. The number of hydrogen-bond acceptors (Lipinski definition) is 6. The van der Waals surface area contributed by atoms with Crippen molar-refractivity contribution in [2.24, 2.45) is 0 Å². The Kier molecular flexibility index (Phi) is 4.60. The SMILES string of the molecule is CCOc1ccc(OCC)c(Nc2cnc(N)cn2)c1. The van der Waals surface area contributed by atoms with Gasteiger partial charge in [-0.05, 0) is 26.0 Å². The Bertz CT molecular complexity index is 558. The molecule has 0 amide bonds. The van der Waals surface area contributed by atoms with Crippen LogP contribution in [0.2, 0.25) is 0 Å². The molecule has 0 saturated heterocycles. The smallest absolute Gasteiger partial charge is 0.149 e. The van der Waals surface area contributed by atoms with Crippen molar-refractivity contribution in [2.75, 3.05) is 24.3 Å². The van der Waals surface area contributed by atoms with Crippen LogP contribution in [-0.4, -0.2) is 23.2 Å². The minimum Gasteiger partial charge on any atom is -0.494 e. The Morgan fingerprint density at radius 3 is 2.55 bits per heavy atom. The number of aromatic nitrogens is 2. The number of ether oxygens (including phenoxy) is 2. The zero-order chi connectivity index (χ0) is 14.4. The van der Waals surface area contributed by atoms with Crippen molar-refractivity contribution in [3.63, 3.8) is 0 Å². The topological polar surface area (TPSA) is 82.3 Å². The summed E-state index contributed by atoms with van der Waals surface area (Å²) in [6, 6.07) is 5.60. The van der Waals surface area contributed by atoms with Crippen LogP contribution < -0.4 is 20.5 Å². The summed E-state index contributed by atoms with van der Waals surface area (Å²) in [6.07, 6.45) is 3.06. The molecule has 0 atom stereocenters. The van der Waals surface area contributed by atoms with Crippen molar-refractivity contribution >= 4 is 17.3 Å². The summed E-state index contributed by atoms with van der Waals surface area (Å²) in [4.78, 5) is 8.15. The fraction of sp³-hybridized carbons (Fsp3) is 0.286. The maximum atomic E-state index is 5.58. The van der Waals surface area contributed by atoms with Gasteiger partial charge in [0.25, 0.3) is 0 Å². The third-order valence-corrected chi connectivity index (χ3v) is 2.50. The van der Waals surface area contributed by atoms with Gasteiger partial charge >= 0.3 is 0 Å². The fourth-order valence-corrected chi connectivity index (χ4v) is 1.69. The van der Waals surface area contributed by atoms with Gasteiger partial charge in [0.1, 0.15) is 23.1 Å². The summed E-state index contributed by atoms with van der Waals surface area (Å²) < 4.78 is 11.1. The average Bonchev–Trinajstić information content (AvgIpc) is 2.45. The van der Waals surface area contributed by atoms with E-state index in [9.17, 15) is 0 Å². The van der Waals surface area contributed by atoms with Crippen molar-refractivity contribution in [2.45, 2.75) is 13.8 Å². The van der Waals surface area contributed by atoms with E-state index in [1.165, 1.54) is 6.20 Å². The molecule has 2 aromatic rings. The predicted molar refractivity (Wildman–Crippen MR) is 78.5 cm³/mol. The van der Waals surface area contributed by atoms with Gasteiger partial charge in [-0.25, -0.2) is 9.97 Å². The molecule has 0 spiro atoms. The molecule has 1 aromatic heterocycles. The van der Waals surface area contributed by atoms with Gasteiger partial charge in [-0.2, -0.15) is 0 Å². The summed E-state index contributed by atoms with van der Waals surface area (Å²) in [5.41, 5.74) is 6.29. The minimum atomic E-state index is 0.378. The van der Waals surface area contributed by atoms with Crippen LogP contribution in [0.25, 0.3) is 0 Å². The van der Waals surface area contributed by atoms with Crippen LogP contribution in [0, 0.1) is 0 Å². The first-order chi connectivity index (χ1) is 9.72. The Labute approximate surface area is 118 Å². The molecule has 2 rings (SSSR count). The molecule has 0 saturated carbocycles. The molecule has 1 aromatic carbocycles. The fourth-order valence-electron chi connectivity index (χ4n) is 1.69. The van der Waals surface area contributed by atoms with Crippen LogP contribution in [0.3, 0.4) is 0 Å². The van der Waals surface area contributed by atoms with Crippen LogP contribution in [-0.2, 0) is 0 Å². The lowest BCUT2D eigenvalue weighted by atomic mass is 10.2. The molecule has 3 N–H and O–H groups in total. The highest BCUT2D eigenvalue weighted by Crippen LogP contribution is 2.31. The van der Waals surface area contributed by atoms with Crippen molar-refractivity contribution in [1.29, 1.82) is 0 Å². The monoisotopic (exact) mass is 274 g/mol. The second kappa shape index (κ2) is 6.60. The van der Waals surface area contributed by atoms with Crippen LogP contribution in [0.4, 0.5) is 17.3 Å². The predicted octanol–water partition coefficient (Wildman–Crippen LogP) is 2.60. The molecule has 0 aliphatic rings. The standard InChI is InChI=1S/C14H18N4O2/c1-3-19-10-5-6-12(20-4-2)11(7-10)18-14-9-16-13(15)8-17-14/h5-9H,3-4H2,1-2H3,(H2,15,16)(H,17,18). The molecule has 20 heavy (non-hydrogen) atoms. The lowest BCUT2D eigenvalue weighted by Crippen LogP contribution is -2.01.